The van der Waals surface area contributed by atoms with E-state index >= 15 is 0 Å². The van der Waals surface area contributed by atoms with E-state index in [-0.39, 0.29) is 0 Å². The lowest BCUT2D eigenvalue weighted by molar-refractivity contribution is 0.306. The smallest absolute Gasteiger partial charge is 0.119 e. The molecule has 2 aromatic rings. The minimum atomic E-state index is 0.478. The lowest BCUT2D eigenvalue weighted by Crippen LogP contribution is -1.96. The van der Waals surface area contributed by atoms with Crippen molar-refractivity contribution in [2.75, 3.05) is 6.61 Å². The van der Waals surface area contributed by atoms with Gasteiger partial charge in [-0.2, -0.15) is 5.10 Å². The maximum atomic E-state index is 5.68. The van der Waals surface area contributed by atoms with Gasteiger partial charge in [0.1, 0.15) is 5.75 Å². The molecule has 102 valence electrons. The Balaban J connectivity index is 1.94. The first kappa shape index (κ1) is 13.6. The first-order valence-corrected chi connectivity index (χ1v) is 6.81. The fourth-order valence-corrected chi connectivity index (χ4v) is 1.88. The minimum Gasteiger partial charge on any atom is -0.494 e. The van der Waals surface area contributed by atoms with Crippen molar-refractivity contribution < 1.29 is 4.74 Å². The summed E-state index contributed by atoms with van der Waals surface area (Å²) in [5, 5.41) is 7.14. The Morgan fingerprint density at radius 3 is 2.63 bits per heavy atom. The van der Waals surface area contributed by atoms with Gasteiger partial charge in [0.15, 0.2) is 0 Å². The van der Waals surface area contributed by atoms with Crippen LogP contribution < -0.4 is 10.5 Å². The Bertz CT molecular complexity index is 490. The van der Waals surface area contributed by atoms with Gasteiger partial charge in [-0.05, 0) is 36.8 Å². The van der Waals surface area contributed by atoms with Crippen molar-refractivity contribution >= 4 is 0 Å². The molecule has 19 heavy (non-hydrogen) atoms. The SMILES string of the molecule is CCCCCOc1ccc(-c2cc(CN)[nH]n2)cc1. The number of nitrogens with zero attached hydrogens (tertiary/aromatic N) is 1. The zero-order valence-corrected chi connectivity index (χ0v) is 11.4. The van der Waals surface area contributed by atoms with Crippen molar-refractivity contribution in [2.24, 2.45) is 5.73 Å². The lowest BCUT2D eigenvalue weighted by Gasteiger charge is -2.06. The minimum absolute atomic E-state index is 0.478. The summed E-state index contributed by atoms with van der Waals surface area (Å²) >= 11 is 0. The summed E-state index contributed by atoms with van der Waals surface area (Å²) < 4.78 is 5.68. The molecule has 0 amide bonds. The van der Waals surface area contributed by atoms with E-state index in [0.717, 1.165) is 35.7 Å². The second kappa shape index (κ2) is 6.95. The Morgan fingerprint density at radius 1 is 1.21 bits per heavy atom. The Morgan fingerprint density at radius 2 is 2.00 bits per heavy atom. The van der Waals surface area contributed by atoms with Crippen LogP contribution in [0.15, 0.2) is 30.3 Å². The molecule has 1 aromatic heterocycles. The summed E-state index contributed by atoms with van der Waals surface area (Å²) in [6.45, 7) is 3.45. The van der Waals surface area contributed by atoms with Crippen molar-refractivity contribution in [3.63, 3.8) is 0 Å². The number of ether oxygens (including phenoxy) is 1. The predicted molar refractivity (Wildman–Crippen MR) is 76.9 cm³/mol. The number of aromatic amines is 1. The molecule has 0 saturated carbocycles. The van der Waals surface area contributed by atoms with Gasteiger partial charge in [0, 0.05) is 17.8 Å². The molecule has 0 bridgehead atoms. The van der Waals surface area contributed by atoms with Gasteiger partial charge in [0.05, 0.1) is 12.3 Å². The quantitative estimate of drug-likeness (QED) is 0.751. The van der Waals surface area contributed by atoms with Gasteiger partial charge in [0.25, 0.3) is 0 Å². The molecule has 0 unspecified atom stereocenters. The molecular weight excluding hydrogens is 238 g/mol. The van der Waals surface area contributed by atoms with Gasteiger partial charge in [-0.25, -0.2) is 0 Å². The summed E-state index contributed by atoms with van der Waals surface area (Å²) in [7, 11) is 0. The highest BCUT2D eigenvalue weighted by molar-refractivity contribution is 5.60. The van der Waals surface area contributed by atoms with Crippen LogP contribution in [0.4, 0.5) is 0 Å². The van der Waals surface area contributed by atoms with Crippen LogP contribution in [-0.2, 0) is 6.54 Å². The lowest BCUT2D eigenvalue weighted by atomic mass is 10.1. The fourth-order valence-electron chi connectivity index (χ4n) is 1.88. The van der Waals surface area contributed by atoms with Crippen LogP contribution >= 0.6 is 0 Å². The average Bonchev–Trinajstić information content (AvgIpc) is 2.93. The van der Waals surface area contributed by atoms with Crippen LogP contribution in [0.2, 0.25) is 0 Å². The van der Waals surface area contributed by atoms with E-state index in [4.69, 9.17) is 10.5 Å². The summed E-state index contributed by atoms with van der Waals surface area (Å²) in [5.41, 5.74) is 8.47. The number of nitrogens with two attached hydrogens (primary N) is 1. The van der Waals surface area contributed by atoms with E-state index in [0.29, 0.717) is 6.54 Å². The zero-order valence-electron chi connectivity index (χ0n) is 11.4. The number of hydrogen-bond donors (Lipinski definition) is 2. The molecule has 0 aliphatic heterocycles. The Labute approximate surface area is 114 Å². The molecule has 1 aromatic carbocycles. The highest BCUT2D eigenvalue weighted by Crippen LogP contribution is 2.21. The molecule has 3 N–H and O–H groups in total. The van der Waals surface area contributed by atoms with Crippen LogP contribution in [0.5, 0.6) is 5.75 Å². The molecule has 0 saturated heterocycles. The van der Waals surface area contributed by atoms with Crippen LogP contribution in [0, 0.1) is 0 Å². The van der Waals surface area contributed by atoms with Crippen molar-refractivity contribution in [1.29, 1.82) is 0 Å². The molecule has 1 heterocycles. The highest BCUT2D eigenvalue weighted by Gasteiger charge is 2.03. The average molecular weight is 259 g/mol. The largest absolute Gasteiger partial charge is 0.494 e. The maximum Gasteiger partial charge on any atom is 0.119 e. The first-order chi connectivity index (χ1) is 9.33. The van der Waals surface area contributed by atoms with Crippen molar-refractivity contribution in [3.05, 3.63) is 36.0 Å². The molecule has 0 aliphatic rings. The predicted octanol–water partition coefficient (Wildman–Crippen LogP) is 3.10. The number of unbranched alkanes of at least 4 members (excludes halogenated alkanes) is 2. The number of aromatic nitrogens is 2. The number of rotatable bonds is 7. The number of hydrogen-bond acceptors (Lipinski definition) is 3. The molecule has 0 aliphatic carbocycles. The van der Waals surface area contributed by atoms with E-state index < -0.39 is 0 Å². The standard InChI is InChI=1S/C15H21N3O/c1-2-3-4-9-19-14-7-5-12(6-8-14)15-10-13(11-16)17-18-15/h5-8,10H,2-4,9,11,16H2,1H3,(H,17,18). The summed E-state index contributed by atoms with van der Waals surface area (Å²) in [5.74, 6) is 0.912. The number of nitrogens with one attached hydrogen (secondary N) is 1. The van der Waals surface area contributed by atoms with Crippen LogP contribution in [0.25, 0.3) is 11.3 Å². The van der Waals surface area contributed by atoms with Gasteiger partial charge >= 0.3 is 0 Å². The molecule has 0 atom stereocenters. The number of H-pyrrole nitrogens is 1. The zero-order chi connectivity index (χ0) is 13.5. The van der Waals surface area contributed by atoms with E-state index in [1.54, 1.807) is 0 Å². The van der Waals surface area contributed by atoms with Gasteiger partial charge < -0.3 is 10.5 Å². The van der Waals surface area contributed by atoms with E-state index in [9.17, 15) is 0 Å². The molecule has 0 spiro atoms. The third-order valence-electron chi connectivity index (χ3n) is 3.02. The molecule has 0 radical (unpaired) electrons. The third-order valence-corrected chi connectivity index (χ3v) is 3.02. The van der Waals surface area contributed by atoms with Crippen molar-refractivity contribution in [2.45, 2.75) is 32.7 Å². The molecule has 4 heteroatoms. The monoisotopic (exact) mass is 259 g/mol. The molecule has 4 nitrogen and oxygen atoms in total. The van der Waals surface area contributed by atoms with Crippen LogP contribution in [0.3, 0.4) is 0 Å². The Kier molecular flexibility index (Phi) is 4.98. The highest BCUT2D eigenvalue weighted by atomic mass is 16.5. The van der Waals surface area contributed by atoms with Gasteiger partial charge in [0.2, 0.25) is 0 Å². The van der Waals surface area contributed by atoms with Gasteiger partial charge in [-0.15, -0.1) is 0 Å². The molecule has 0 fully saturated rings. The normalized spacial score (nSPS) is 10.6. The fraction of sp³-hybridized carbons (Fsp3) is 0.400. The summed E-state index contributed by atoms with van der Waals surface area (Å²) in [4.78, 5) is 0. The third kappa shape index (κ3) is 3.83. The van der Waals surface area contributed by atoms with Crippen LogP contribution in [-0.4, -0.2) is 16.8 Å². The molecule has 2 rings (SSSR count). The van der Waals surface area contributed by atoms with E-state index in [1.807, 2.05) is 30.3 Å². The van der Waals surface area contributed by atoms with Gasteiger partial charge in [-0.1, -0.05) is 19.8 Å². The van der Waals surface area contributed by atoms with Crippen molar-refractivity contribution in [1.82, 2.24) is 10.2 Å². The van der Waals surface area contributed by atoms with E-state index in [2.05, 4.69) is 17.1 Å². The summed E-state index contributed by atoms with van der Waals surface area (Å²) in [6, 6.07) is 9.98. The van der Waals surface area contributed by atoms with E-state index in [1.165, 1.54) is 12.8 Å². The first-order valence-electron chi connectivity index (χ1n) is 6.81. The molecular formula is C15H21N3O. The maximum absolute atomic E-state index is 5.68. The Hall–Kier alpha value is -1.81. The second-order valence-corrected chi connectivity index (χ2v) is 4.56. The van der Waals surface area contributed by atoms with Crippen molar-refractivity contribution in [3.8, 4) is 17.0 Å². The number of benzene rings is 1. The topological polar surface area (TPSA) is 63.9 Å². The second-order valence-electron chi connectivity index (χ2n) is 4.56. The van der Waals surface area contributed by atoms with Gasteiger partial charge in [-0.3, -0.25) is 5.10 Å². The van der Waals surface area contributed by atoms with Crippen LogP contribution in [0.1, 0.15) is 31.9 Å². The summed E-state index contributed by atoms with van der Waals surface area (Å²) in [6.07, 6.45) is 3.54.